The first-order valence-corrected chi connectivity index (χ1v) is 15.0. The molecule has 2 aromatic carbocycles. The quantitative estimate of drug-likeness (QED) is 0.350. The van der Waals surface area contributed by atoms with Crippen LogP contribution in [0.4, 0.5) is 5.82 Å². The van der Waals surface area contributed by atoms with Crippen LogP contribution in [0.1, 0.15) is 49.9 Å². The monoisotopic (exact) mass is 532 g/mol. The van der Waals surface area contributed by atoms with Crippen molar-refractivity contribution in [2.24, 2.45) is 23.2 Å². The van der Waals surface area contributed by atoms with E-state index in [0.29, 0.717) is 12.3 Å². The van der Waals surface area contributed by atoms with Crippen LogP contribution in [0.3, 0.4) is 0 Å². The molecule has 4 aromatic rings. The molecule has 5 aliphatic rings. The Morgan fingerprint density at radius 2 is 1.43 bits per heavy atom. The van der Waals surface area contributed by atoms with Crippen molar-refractivity contribution in [3.63, 3.8) is 0 Å². The van der Waals surface area contributed by atoms with Crippen LogP contribution in [0, 0.1) is 23.2 Å². The van der Waals surface area contributed by atoms with Crippen molar-refractivity contribution in [3.05, 3.63) is 78.2 Å². The minimum absolute atomic E-state index is 0.0707. The zero-order valence-corrected chi connectivity index (χ0v) is 23.0. The molecular formula is C33H36N6O. The number of aromatic nitrogens is 4. The lowest BCUT2D eigenvalue weighted by Crippen LogP contribution is -2.58. The molecule has 7 heteroatoms. The summed E-state index contributed by atoms with van der Waals surface area (Å²) in [6.07, 6.45) is 10.1. The molecule has 0 unspecified atom stereocenters. The second-order valence-electron chi connectivity index (χ2n) is 12.7. The minimum Gasteiger partial charge on any atom is -0.352 e. The molecule has 1 amide bonds. The number of carbonyl (C=O) groups excluding carboxylic acids is 1. The molecule has 4 aliphatic carbocycles. The average Bonchev–Trinajstić information content (AvgIpc) is 3.41. The number of anilines is 1. The Morgan fingerprint density at radius 1 is 0.800 bits per heavy atom. The third-order valence-corrected chi connectivity index (χ3v) is 10.0. The molecule has 4 saturated carbocycles. The number of para-hydroxylation sites is 1. The van der Waals surface area contributed by atoms with E-state index in [-0.39, 0.29) is 5.41 Å². The molecule has 40 heavy (non-hydrogen) atoms. The van der Waals surface area contributed by atoms with Crippen molar-refractivity contribution >= 4 is 22.8 Å². The lowest BCUT2D eigenvalue weighted by atomic mass is 9.49. The van der Waals surface area contributed by atoms with Gasteiger partial charge < -0.3 is 9.80 Å². The zero-order chi connectivity index (χ0) is 26.7. The fourth-order valence-corrected chi connectivity index (χ4v) is 8.62. The summed E-state index contributed by atoms with van der Waals surface area (Å²) >= 11 is 0. The Labute approximate surface area is 235 Å². The van der Waals surface area contributed by atoms with E-state index in [2.05, 4.69) is 46.2 Å². The Hall–Kier alpha value is -3.74. The number of amides is 1. The van der Waals surface area contributed by atoms with Gasteiger partial charge in [-0.15, -0.1) is 0 Å². The van der Waals surface area contributed by atoms with Gasteiger partial charge in [-0.25, -0.2) is 14.6 Å². The van der Waals surface area contributed by atoms with E-state index in [1.165, 1.54) is 24.8 Å². The first-order valence-electron chi connectivity index (χ1n) is 15.0. The van der Waals surface area contributed by atoms with Crippen LogP contribution in [-0.4, -0.2) is 56.7 Å². The summed E-state index contributed by atoms with van der Waals surface area (Å²) in [6.45, 7) is 3.08. The lowest BCUT2D eigenvalue weighted by Gasteiger charge is -2.57. The van der Waals surface area contributed by atoms with Gasteiger partial charge in [0.25, 0.3) is 0 Å². The molecule has 5 fully saturated rings. The SMILES string of the molecule is O=C(N1CCN(c2nc(Cc3ccccc3)nc3c2cnn3-c2ccccc2)CC1)C12CC3CC(CC(C3)C1)C2. The molecule has 3 heterocycles. The summed E-state index contributed by atoms with van der Waals surface area (Å²) in [5, 5.41) is 5.70. The molecule has 1 saturated heterocycles. The van der Waals surface area contributed by atoms with Crippen molar-refractivity contribution in [2.45, 2.75) is 44.9 Å². The molecule has 4 bridgehead atoms. The fourth-order valence-electron chi connectivity index (χ4n) is 8.62. The summed E-state index contributed by atoms with van der Waals surface area (Å²) in [5.41, 5.74) is 2.93. The van der Waals surface area contributed by atoms with E-state index < -0.39 is 0 Å². The van der Waals surface area contributed by atoms with Gasteiger partial charge in [-0.05, 0) is 74.0 Å². The molecule has 0 radical (unpaired) electrons. The molecule has 7 nitrogen and oxygen atoms in total. The van der Waals surface area contributed by atoms with Crippen LogP contribution in [-0.2, 0) is 11.2 Å². The summed E-state index contributed by atoms with van der Waals surface area (Å²) in [6, 6.07) is 20.6. The molecule has 204 valence electrons. The Kier molecular flexibility index (Phi) is 5.68. The Morgan fingerprint density at radius 3 is 2.08 bits per heavy atom. The molecule has 0 N–H and O–H groups in total. The predicted octanol–water partition coefficient (Wildman–Crippen LogP) is 5.27. The standard InChI is InChI=1S/C33H36N6O/c40-32(33-19-24-15-25(20-33)17-26(16-24)21-33)38-13-11-37(12-14-38)30-28-22-34-39(27-9-5-2-6-10-27)31(28)36-29(35-30)18-23-7-3-1-4-8-23/h1-10,22,24-26H,11-21H2. The third kappa shape index (κ3) is 4.09. The third-order valence-electron chi connectivity index (χ3n) is 10.0. The molecular weight excluding hydrogens is 496 g/mol. The van der Waals surface area contributed by atoms with Crippen LogP contribution < -0.4 is 4.90 Å². The minimum atomic E-state index is -0.0707. The van der Waals surface area contributed by atoms with Crippen molar-refractivity contribution in [1.82, 2.24) is 24.6 Å². The van der Waals surface area contributed by atoms with Crippen molar-refractivity contribution < 1.29 is 4.79 Å². The molecule has 0 spiro atoms. The highest BCUT2D eigenvalue weighted by atomic mass is 16.2. The highest BCUT2D eigenvalue weighted by Gasteiger charge is 2.55. The molecule has 1 aliphatic heterocycles. The van der Waals surface area contributed by atoms with E-state index in [9.17, 15) is 4.79 Å². The topological polar surface area (TPSA) is 67.2 Å². The number of rotatable bonds is 5. The maximum absolute atomic E-state index is 14.0. The van der Waals surface area contributed by atoms with Gasteiger partial charge in [0, 0.05) is 32.6 Å². The van der Waals surface area contributed by atoms with E-state index >= 15 is 0 Å². The highest BCUT2D eigenvalue weighted by molar-refractivity contribution is 5.88. The number of fused-ring (bicyclic) bond motifs is 1. The first-order chi connectivity index (χ1) is 19.6. The number of nitrogens with zero attached hydrogens (tertiary/aromatic N) is 6. The zero-order valence-electron chi connectivity index (χ0n) is 23.0. The van der Waals surface area contributed by atoms with Gasteiger partial charge in [0.1, 0.15) is 11.6 Å². The maximum atomic E-state index is 14.0. The number of benzene rings is 2. The molecule has 9 rings (SSSR count). The van der Waals surface area contributed by atoms with Gasteiger partial charge in [-0.2, -0.15) is 5.10 Å². The van der Waals surface area contributed by atoms with Gasteiger partial charge in [-0.3, -0.25) is 4.79 Å². The smallest absolute Gasteiger partial charge is 0.228 e. The summed E-state index contributed by atoms with van der Waals surface area (Å²) in [4.78, 5) is 28.6. The molecule has 2 aromatic heterocycles. The Balaban J connectivity index is 1.08. The number of hydrogen-bond donors (Lipinski definition) is 0. The van der Waals surface area contributed by atoms with E-state index in [1.807, 2.05) is 35.1 Å². The second kappa shape index (κ2) is 9.43. The normalized spacial score (nSPS) is 27.4. The van der Waals surface area contributed by atoms with Gasteiger partial charge in [0.15, 0.2) is 5.65 Å². The van der Waals surface area contributed by atoms with Gasteiger partial charge in [-0.1, -0.05) is 48.5 Å². The van der Waals surface area contributed by atoms with Crippen LogP contribution in [0.5, 0.6) is 0 Å². The maximum Gasteiger partial charge on any atom is 0.228 e. The first kappa shape index (κ1) is 24.1. The fraction of sp³-hybridized carbons (Fsp3) is 0.455. The summed E-state index contributed by atoms with van der Waals surface area (Å²) in [5.74, 6) is 4.53. The average molecular weight is 533 g/mol. The van der Waals surface area contributed by atoms with Crippen molar-refractivity contribution in [2.75, 3.05) is 31.1 Å². The van der Waals surface area contributed by atoms with E-state index in [0.717, 1.165) is 91.6 Å². The molecule has 0 atom stereocenters. The highest BCUT2D eigenvalue weighted by Crippen LogP contribution is 2.60. The number of carbonyl (C=O) groups is 1. The predicted molar refractivity (Wildman–Crippen MR) is 155 cm³/mol. The van der Waals surface area contributed by atoms with Crippen LogP contribution in [0.2, 0.25) is 0 Å². The Bertz CT molecular complexity index is 1500. The summed E-state index contributed by atoms with van der Waals surface area (Å²) in [7, 11) is 0. The van der Waals surface area contributed by atoms with Gasteiger partial charge in [0.05, 0.1) is 22.7 Å². The van der Waals surface area contributed by atoms with E-state index in [4.69, 9.17) is 15.1 Å². The largest absolute Gasteiger partial charge is 0.352 e. The van der Waals surface area contributed by atoms with Crippen LogP contribution in [0.15, 0.2) is 66.9 Å². The van der Waals surface area contributed by atoms with Crippen LogP contribution in [0.25, 0.3) is 16.7 Å². The van der Waals surface area contributed by atoms with Crippen molar-refractivity contribution in [1.29, 1.82) is 0 Å². The van der Waals surface area contributed by atoms with Crippen LogP contribution >= 0.6 is 0 Å². The summed E-state index contributed by atoms with van der Waals surface area (Å²) < 4.78 is 1.92. The van der Waals surface area contributed by atoms with Gasteiger partial charge >= 0.3 is 0 Å². The second-order valence-corrected chi connectivity index (χ2v) is 12.7. The number of hydrogen-bond acceptors (Lipinski definition) is 5. The van der Waals surface area contributed by atoms with E-state index in [1.54, 1.807) is 0 Å². The van der Waals surface area contributed by atoms with Crippen molar-refractivity contribution in [3.8, 4) is 5.69 Å². The number of piperazine rings is 1. The lowest BCUT2D eigenvalue weighted by molar-refractivity contribution is -0.158. The van der Waals surface area contributed by atoms with Gasteiger partial charge in [0.2, 0.25) is 5.91 Å².